The second kappa shape index (κ2) is 5.83. The molecule has 2 aliphatic rings. The number of rotatable bonds is 5. The summed E-state index contributed by atoms with van der Waals surface area (Å²) < 4.78 is 41.9. The second-order valence-electron chi connectivity index (χ2n) is 4.71. The molecule has 2 heterocycles. The van der Waals surface area contributed by atoms with Gasteiger partial charge < -0.3 is 14.2 Å². The summed E-state index contributed by atoms with van der Waals surface area (Å²) in [5.41, 5.74) is 0. The minimum atomic E-state index is -3.23. The van der Waals surface area contributed by atoms with E-state index in [1.54, 1.807) is 7.11 Å². The predicted molar refractivity (Wildman–Crippen MR) is 65.7 cm³/mol. The third-order valence-corrected chi connectivity index (χ3v) is 5.24. The van der Waals surface area contributed by atoms with E-state index in [-0.39, 0.29) is 5.75 Å². The molecule has 1 spiro atoms. The first-order chi connectivity index (χ1) is 8.58. The highest BCUT2D eigenvalue weighted by Gasteiger charge is 2.43. The zero-order valence-electron chi connectivity index (χ0n) is 10.8. The van der Waals surface area contributed by atoms with Gasteiger partial charge in [0, 0.05) is 26.7 Å². The smallest absolute Gasteiger partial charge is 0.214 e. The molecule has 6 nitrogen and oxygen atoms in total. The van der Waals surface area contributed by atoms with E-state index < -0.39 is 15.8 Å². The highest BCUT2D eigenvalue weighted by atomic mass is 32.2. The first kappa shape index (κ1) is 14.2. The molecule has 18 heavy (non-hydrogen) atoms. The van der Waals surface area contributed by atoms with E-state index >= 15 is 0 Å². The second-order valence-corrected chi connectivity index (χ2v) is 6.80. The van der Waals surface area contributed by atoms with Crippen molar-refractivity contribution < 1.29 is 22.6 Å². The van der Waals surface area contributed by atoms with Crippen molar-refractivity contribution in [2.75, 3.05) is 45.8 Å². The SMILES string of the molecule is COCCCS(=O)(=O)N1CCCC2(C1)OCCO2. The lowest BCUT2D eigenvalue weighted by Gasteiger charge is -2.37. The maximum atomic E-state index is 12.2. The van der Waals surface area contributed by atoms with Crippen molar-refractivity contribution in [3.05, 3.63) is 0 Å². The summed E-state index contributed by atoms with van der Waals surface area (Å²) in [5.74, 6) is -0.566. The number of methoxy groups -OCH3 is 1. The zero-order chi connectivity index (χ0) is 13.1. The topological polar surface area (TPSA) is 65.1 Å². The molecular formula is C11H21NO5S. The van der Waals surface area contributed by atoms with Crippen LogP contribution in [-0.2, 0) is 24.2 Å². The highest BCUT2D eigenvalue weighted by Crippen LogP contribution is 2.31. The molecule has 0 aromatic carbocycles. The molecule has 2 rings (SSSR count). The van der Waals surface area contributed by atoms with Crippen LogP contribution in [0.4, 0.5) is 0 Å². The number of ether oxygens (including phenoxy) is 3. The molecule has 2 saturated heterocycles. The molecule has 106 valence electrons. The van der Waals surface area contributed by atoms with Crippen LogP contribution in [0.15, 0.2) is 0 Å². The van der Waals surface area contributed by atoms with Crippen molar-refractivity contribution in [3.63, 3.8) is 0 Å². The van der Waals surface area contributed by atoms with Crippen LogP contribution in [0.25, 0.3) is 0 Å². The summed E-state index contributed by atoms with van der Waals surface area (Å²) in [6.45, 7) is 2.45. The highest BCUT2D eigenvalue weighted by molar-refractivity contribution is 7.89. The van der Waals surface area contributed by atoms with E-state index in [1.165, 1.54) is 4.31 Å². The maximum absolute atomic E-state index is 12.2. The first-order valence-corrected chi connectivity index (χ1v) is 7.94. The van der Waals surface area contributed by atoms with Gasteiger partial charge in [-0.2, -0.15) is 4.31 Å². The van der Waals surface area contributed by atoms with Gasteiger partial charge in [-0.15, -0.1) is 0 Å². The molecular weight excluding hydrogens is 258 g/mol. The Morgan fingerprint density at radius 1 is 1.33 bits per heavy atom. The Bertz CT molecular complexity index is 364. The Hall–Kier alpha value is -0.210. The van der Waals surface area contributed by atoms with Gasteiger partial charge in [0.2, 0.25) is 10.0 Å². The van der Waals surface area contributed by atoms with E-state index in [0.717, 1.165) is 12.8 Å². The van der Waals surface area contributed by atoms with Crippen LogP contribution in [0, 0.1) is 0 Å². The van der Waals surface area contributed by atoms with E-state index in [1.807, 2.05) is 0 Å². The summed E-state index contributed by atoms with van der Waals surface area (Å²) in [4.78, 5) is 0. The Morgan fingerprint density at radius 2 is 2.06 bits per heavy atom. The molecule has 2 aliphatic heterocycles. The molecule has 7 heteroatoms. The summed E-state index contributed by atoms with van der Waals surface area (Å²) >= 11 is 0. The van der Waals surface area contributed by atoms with Crippen molar-refractivity contribution in [2.45, 2.75) is 25.0 Å². The number of hydrogen-bond acceptors (Lipinski definition) is 5. The average molecular weight is 279 g/mol. The van der Waals surface area contributed by atoms with Crippen LogP contribution in [-0.4, -0.2) is 64.3 Å². The van der Waals surface area contributed by atoms with Gasteiger partial charge in [0.1, 0.15) is 0 Å². The van der Waals surface area contributed by atoms with Gasteiger partial charge >= 0.3 is 0 Å². The van der Waals surface area contributed by atoms with E-state index in [2.05, 4.69) is 0 Å². The van der Waals surface area contributed by atoms with Crippen molar-refractivity contribution in [1.29, 1.82) is 0 Å². The van der Waals surface area contributed by atoms with Crippen molar-refractivity contribution in [1.82, 2.24) is 4.31 Å². The molecule has 0 saturated carbocycles. The fourth-order valence-corrected chi connectivity index (χ4v) is 3.98. The predicted octanol–water partition coefficient (Wildman–Crippen LogP) is 0.192. The summed E-state index contributed by atoms with van der Waals surface area (Å²) in [6, 6.07) is 0. The van der Waals surface area contributed by atoms with Crippen LogP contribution in [0.3, 0.4) is 0 Å². The molecule has 0 amide bonds. The third kappa shape index (κ3) is 3.21. The monoisotopic (exact) mass is 279 g/mol. The summed E-state index contributed by atoms with van der Waals surface area (Å²) in [7, 11) is -1.65. The van der Waals surface area contributed by atoms with E-state index in [0.29, 0.717) is 39.3 Å². The lowest BCUT2D eigenvalue weighted by atomic mass is 10.1. The quantitative estimate of drug-likeness (QED) is 0.672. The number of sulfonamides is 1. The van der Waals surface area contributed by atoms with Gasteiger partial charge in [-0.1, -0.05) is 0 Å². The molecule has 0 aromatic rings. The van der Waals surface area contributed by atoms with Crippen molar-refractivity contribution in [3.8, 4) is 0 Å². The van der Waals surface area contributed by atoms with Crippen LogP contribution in [0.2, 0.25) is 0 Å². The summed E-state index contributed by atoms with van der Waals surface area (Å²) in [6.07, 6.45) is 2.07. The minimum Gasteiger partial charge on any atom is -0.385 e. The van der Waals surface area contributed by atoms with E-state index in [4.69, 9.17) is 14.2 Å². The fourth-order valence-electron chi connectivity index (χ4n) is 2.44. The largest absolute Gasteiger partial charge is 0.385 e. The standard InChI is InChI=1S/C11H21NO5S/c1-15-6-3-9-18(13,14)12-5-2-4-11(10-12)16-7-8-17-11/h2-10H2,1H3. The number of hydrogen-bond donors (Lipinski definition) is 0. The number of piperidine rings is 1. The molecule has 2 fully saturated rings. The van der Waals surface area contributed by atoms with Gasteiger partial charge in [-0.25, -0.2) is 8.42 Å². The van der Waals surface area contributed by atoms with Gasteiger partial charge in [0.15, 0.2) is 5.79 Å². The van der Waals surface area contributed by atoms with Crippen LogP contribution >= 0.6 is 0 Å². The lowest BCUT2D eigenvalue weighted by Crippen LogP contribution is -2.51. The van der Waals surface area contributed by atoms with Crippen LogP contribution < -0.4 is 0 Å². The fraction of sp³-hybridized carbons (Fsp3) is 1.00. The normalized spacial score (nSPS) is 24.7. The maximum Gasteiger partial charge on any atom is 0.214 e. The Kier molecular flexibility index (Phi) is 4.60. The van der Waals surface area contributed by atoms with E-state index in [9.17, 15) is 8.42 Å². The first-order valence-electron chi connectivity index (χ1n) is 6.33. The Balaban J connectivity index is 1.95. The van der Waals surface area contributed by atoms with Gasteiger partial charge in [0.25, 0.3) is 0 Å². The molecule has 0 N–H and O–H groups in total. The van der Waals surface area contributed by atoms with Crippen molar-refractivity contribution >= 4 is 10.0 Å². The molecule has 0 atom stereocenters. The number of nitrogens with zero attached hydrogens (tertiary/aromatic N) is 1. The third-order valence-electron chi connectivity index (χ3n) is 3.34. The lowest BCUT2D eigenvalue weighted by molar-refractivity contribution is -0.179. The average Bonchev–Trinajstić information content (AvgIpc) is 2.77. The summed E-state index contributed by atoms with van der Waals surface area (Å²) in [5, 5.41) is 0. The van der Waals surface area contributed by atoms with Crippen LogP contribution in [0.1, 0.15) is 19.3 Å². The molecule has 0 radical (unpaired) electrons. The molecule has 0 aromatic heterocycles. The van der Waals surface area contributed by atoms with Crippen LogP contribution in [0.5, 0.6) is 0 Å². The van der Waals surface area contributed by atoms with Gasteiger partial charge in [0.05, 0.1) is 25.5 Å². The van der Waals surface area contributed by atoms with Crippen molar-refractivity contribution in [2.24, 2.45) is 0 Å². The minimum absolute atomic E-state index is 0.122. The Morgan fingerprint density at radius 3 is 2.72 bits per heavy atom. The zero-order valence-corrected chi connectivity index (χ0v) is 11.6. The molecule has 0 bridgehead atoms. The van der Waals surface area contributed by atoms with Gasteiger partial charge in [-0.3, -0.25) is 0 Å². The Labute approximate surface area is 108 Å². The molecule has 0 unspecified atom stereocenters. The molecule has 0 aliphatic carbocycles. The van der Waals surface area contributed by atoms with Gasteiger partial charge in [-0.05, 0) is 12.8 Å².